The second kappa shape index (κ2) is 6.60. The van der Waals surface area contributed by atoms with E-state index in [9.17, 15) is 13.2 Å². The van der Waals surface area contributed by atoms with Gasteiger partial charge in [0.2, 0.25) is 10.0 Å². The van der Waals surface area contributed by atoms with E-state index < -0.39 is 10.0 Å². The van der Waals surface area contributed by atoms with Gasteiger partial charge in [0.15, 0.2) is 5.78 Å². The maximum Gasteiger partial charge on any atom is 0.243 e. The summed E-state index contributed by atoms with van der Waals surface area (Å²) in [6, 6.07) is 13.1. The van der Waals surface area contributed by atoms with Crippen LogP contribution in [0.3, 0.4) is 0 Å². The number of ketones is 1. The Morgan fingerprint density at radius 2 is 1.82 bits per heavy atom. The van der Waals surface area contributed by atoms with Gasteiger partial charge in [0.1, 0.15) is 0 Å². The maximum atomic E-state index is 12.6. The van der Waals surface area contributed by atoms with E-state index in [2.05, 4.69) is 0 Å². The number of benzene rings is 2. The van der Waals surface area contributed by atoms with E-state index in [1.54, 1.807) is 36.4 Å². The second-order valence-electron chi connectivity index (χ2n) is 4.94. The third-order valence-electron chi connectivity index (χ3n) is 3.30. The number of sulfonamides is 1. The molecule has 2 aromatic rings. The van der Waals surface area contributed by atoms with Crippen LogP contribution in [0.4, 0.5) is 0 Å². The van der Waals surface area contributed by atoms with Crippen LogP contribution < -0.4 is 0 Å². The number of nitrogens with zero attached hydrogens (tertiary/aromatic N) is 1. The second-order valence-corrected chi connectivity index (χ2v) is 7.39. The van der Waals surface area contributed by atoms with E-state index >= 15 is 0 Å². The average Bonchev–Trinajstić information content (AvgIpc) is 2.49. The van der Waals surface area contributed by atoms with Crippen molar-refractivity contribution in [2.75, 3.05) is 7.05 Å². The topological polar surface area (TPSA) is 54.5 Å². The molecule has 2 rings (SSSR count). The summed E-state index contributed by atoms with van der Waals surface area (Å²) >= 11 is 6.07. The van der Waals surface area contributed by atoms with Gasteiger partial charge in [0.25, 0.3) is 0 Å². The third kappa shape index (κ3) is 3.55. The molecule has 0 atom stereocenters. The van der Waals surface area contributed by atoms with Crippen molar-refractivity contribution in [2.45, 2.75) is 18.4 Å². The number of rotatable bonds is 5. The molecule has 0 saturated heterocycles. The summed E-state index contributed by atoms with van der Waals surface area (Å²) in [4.78, 5) is 11.5. The van der Waals surface area contributed by atoms with Crippen molar-refractivity contribution < 1.29 is 13.2 Å². The van der Waals surface area contributed by atoms with Crippen LogP contribution in [-0.2, 0) is 16.6 Å². The summed E-state index contributed by atoms with van der Waals surface area (Å²) in [6.45, 7) is 1.56. The Morgan fingerprint density at radius 1 is 1.14 bits per heavy atom. The van der Waals surface area contributed by atoms with E-state index in [0.29, 0.717) is 10.6 Å². The van der Waals surface area contributed by atoms with Crippen molar-refractivity contribution in [3.05, 3.63) is 64.7 Å². The van der Waals surface area contributed by atoms with Gasteiger partial charge in [-0.3, -0.25) is 4.79 Å². The molecule has 6 heteroatoms. The summed E-state index contributed by atoms with van der Waals surface area (Å²) in [6.07, 6.45) is 0. The van der Waals surface area contributed by atoms with Crippen molar-refractivity contribution in [1.82, 2.24) is 4.31 Å². The SMILES string of the molecule is CC(=O)c1cccc(S(=O)(=O)N(C)Cc2ccccc2Cl)c1. The van der Waals surface area contributed by atoms with Crippen LogP contribution >= 0.6 is 11.6 Å². The quantitative estimate of drug-likeness (QED) is 0.786. The lowest BCUT2D eigenvalue weighted by atomic mass is 10.2. The first kappa shape index (κ1) is 16.7. The van der Waals surface area contributed by atoms with Crippen LogP contribution in [0.25, 0.3) is 0 Å². The van der Waals surface area contributed by atoms with Gasteiger partial charge in [-0.05, 0) is 30.7 Å². The van der Waals surface area contributed by atoms with Gasteiger partial charge in [-0.2, -0.15) is 4.31 Å². The van der Waals surface area contributed by atoms with E-state index in [-0.39, 0.29) is 17.2 Å². The minimum absolute atomic E-state index is 0.0924. The lowest BCUT2D eigenvalue weighted by Crippen LogP contribution is -2.26. The number of Topliss-reactive ketones (excluding diaryl/α,β-unsaturated/α-hetero) is 1. The number of carbonyl (C=O) groups excluding carboxylic acids is 1. The Labute approximate surface area is 135 Å². The fourth-order valence-electron chi connectivity index (χ4n) is 2.01. The molecule has 0 N–H and O–H groups in total. The number of carbonyl (C=O) groups is 1. The van der Waals surface area contributed by atoms with Crippen LogP contribution in [0.15, 0.2) is 53.4 Å². The molecule has 0 spiro atoms. The maximum absolute atomic E-state index is 12.6. The molecule has 2 aromatic carbocycles. The van der Waals surface area contributed by atoms with Crippen molar-refractivity contribution >= 4 is 27.4 Å². The lowest BCUT2D eigenvalue weighted by molar-refractivity contribution is 0.101. The summed E-state index contributed by atoms with van der Waals surface area (Å²) in [5.41, 5.74) is 1.09. The van der Waals surface area contributed by atoms with E-state index in [4.69, 9.17) is 11.6 Å². The van der Waals surface area contributed by atoms with Crippen molar-refractivity contribution in [3.8, 4) is 0 Å². The molecular formula is C16H16ClNO3S. The summed E-state index contributed by atoms with van der Waals surface area (Å²) in [5, 5.41) is 0.516. The largest absolute Gasteiger partial charge is 0.295 e. The molecule has 0 amide bonds. The third-order valence-corrected chi connectivity index (χ3v) is 5.47. The van der Waals surface area contributed by atoms with Gasteiger partial charge in [-0.1, -0.05) is 41.9 Å². The highest BCUT2D eigenvalue weighted by molar-refractivity contribution is 7.89. The molecule has 0 saturated carbocycles. The lowest BCUT2D eigenvalue weighted by Gasteiger charge is -2.18. The molecule has 0 bridgehead atoms. The normalized spacial score (nSPS) is 11.6. The fraction of sp³-hybridized carbons (Fsp3) is 0.188. The van der Waals surface area contributed by atoms with Gasteiger partial charge < -0.3 is 0 Å². The fourth-order valence-corrected chi connectivity index (χ4v) is 3.40. The zero-order valence-corrected chi connectivity index (χ0v) is 13.9. The minimum Gasteiger partial charge on any atom is -0.295 e. The summed E-state index contributed by atoms with van der Waals surface area (Å²) in [5.74, 6) is -0.175. The van der Waals surface area contributed by atoms with Gasteiger partial charge in [0, 0.05) is 24.2 Å². The predicted octanol–water partition coefficient (Wildman–Crippen LogP) is 3.36. The van der Waals surface area contributed by atoms with Crippen molar-refractivity contribution in [3.63, 3.8) is 0 Å². The molecular weight excluding hydrogens is 322 g/mol. The van der Waals surface area contributed by atoms with Gasteiger partial charge >= 0.3 is 0 Å². The van der Waals surface area contributed by atoms with E-state index in [0.717, 1.165) is 5.56 Å². The Hall–Kier alpha value is -1.69. The Balaban J connectivity index is 2.32. The zero-order chi connectivity index (χ0) is 16.3. The molecule has 0 aliphatic rings. The molecule has 0 fully saturated rings. The first-order valence-electron chi connectivity index (χ1n) is 6.63. The molecule has 0 unspecified atom stereocenters. The summed E-state index contributed by atoms with van der Waals surface area (Å²) in [7, 11) is -2.20. The smallest absolute Gasteiger partial charge is 0.243 e. The van der Waals surface area contributed by atoms with Gasteiger partial charge in [0.05, 0.1) is 4.90 Å². The number of hydrogen-bond donors (Lipinski definition) is 0. The molecule has 0 aliphatic carbocycles. The van der Waals surface area contributed by atoms with Crippen LogP contribution in [0, 0.1) is 0 Å². The van der Waals surface area contributed by atoms with E-state index in [1.807, 2.05) is 0 Å². The molecule has 0 heterocycles. The Morgan fingerprint density at radius 3 is 2.45 bits per heavy atom. The van der Waals surface area contributed by atoms with Crippen molar-refractivity contribution in [2.24, 2.45) is 0 Å². The van der Waals surface area contributed by atoms with Crippen LogP contribution in [0.1, 0.15) is 22.8 Å². The molecule has 22 heavy (non-hydrogen) atoms. The van der Waals surface area contributed by atoms with Crippen LogP contribution in [0.2, 0.25) is 5.02 Å². The molecule has 0 radical (unpaired) electrons. The zero-order valence-electron chi connectivity index (χ0n) is 12.3. The molecule has 4 nitrogen and oxygen atoms in total. The molecule has 0 aromatic heterocycles. The molecule has 0 aliphatic heterocycles. The summed E-state index contributed by atoms with van der Waals surface area (Å²) < 4.78 is 26.4. The number of halogens is 1. The standard InChI is InChI=1S/C16H16ClNO3S/c1-12(19)13-7-5-8-15(10-13)22(20,21)18(2)11-14-6-3-4-9-16(14)17/h3-10H,11H2,1-2H3. The van der Waals surface area contributed by atoms with Gasteiger partial charge in [-0.15, -0.1) is 0 Å². The Kier molecular flexibility index (Phi) is 5.01. The Bertz CT molecular complexity index is 803. The van der Waals surface area contributed by atoms with E-state index in [1.165, 1.54) is 30.4 Å². The predicted molar refractivity (Wildman–Crippen MR) is 86.6 cm³/mol. The van der Waals surface area contributed by atoms with Crippen LogP contribution in [-0.4, -0.2) is 25.6 Å². The average molecular weight is 338 g/mol. The first-order chi connectivity index (χ1) is 10.3. The first-order valence-corrected chi connectivity index (χ1v) is 8.45. The highest BCUT2D eigenvalue weighted by Gasteiger charge is 2.22. The number of hydrogen-bond acceptors (Lipinski definition) is 3. The molecule has 116 valence electrons. The highest BCUT2D eigenvalue weighted by Crippen LogP contribution is 2.21. The monoisotopic (exact) mass is 337 g/mol. The van der Waals surface area contributed by atoms with Crippen LogP contribution in [0.5, 0.6) is 0 Å². The van der Waals surface area contributed by atoms with Crippen molar-refractivity contribution in [1.29, 1.82) is 0 Å². The highest BCUT2D eigenvalue weighted by atomic mass is 35.5. The van der Waals surface area contributed by atoms with Gasteiger partial charge in [-0.25, -0.2) is 8.42 Å². The minimum atomic E-state index is -3.69.